The van der Waals surface area contributed by atoms with Gasteiger partial charge in [0.25, 0.3) is 0 Å². The summed E-state index contributed by atoms with van der Waals surface area (Å²) in [7, 11) is 1.53. The summed E-state index contributed by atoms with van der Waals surface area (Å²) in [5, 5.41) is 13.1. The second-order valence-corrected chi connectivity index (χ2v) is 5.44. The van der Waals surface area contributed by atoms with Crippen LogP contribution in [0.3, 0.4) is 0 Å². The quantitative estimate of drug-likeness (QED) is 0.824. The highest BCUT2D eigenvalue weighted by molar-refractivity contribution is 5.89. The van der Waals surface area contributed by atoms with Gasteiger partial charge in [-0.2, -0.15) is 5.10 Å². The Morgan fingerprint density at radius 3 is 2.77 bits per heavy atom. The van der Waals surface area contributed by atoms with E-state index in [0.29, 0.717) is 19.4 Å². The number of carboxylic acids is 1. The molecule has 22 heavy (non-hydrogen) atoms. The van der Waals surface area contributed by atoms with Gasteiger partial charge in [-0.3, -0.25) is 14.3 Å². The van der Waals surface area contributed by atoms with Gasteiger partial charge in [0.2, 0.25) is 11.8 Å². The Hall–Kier alpha value is -2.38. The molecule has 0 spiro atoms. The standard InChI is InChI=1S/C14H20N4O4/c1-10(18-8-4-6-15-18)13(20)16(2)9-12(19)17-7-3-5-11(17)14(21)22/h4,6,8,10-11H,3,5,7,9H2,1-2H3,(H,21,22)/t10?,11-/m0/s1. The van der Waals surface area contributed by atoms with Crippen molar-refractivity contribution in [2.75, 3.05) is 20.1 Å². The average Bonchev–Trinajstić information content (AvgIpc) is 3.15. The molecule has 1 aromatic heterocycles. The maximum absolute atomic E-state index is 12.3. The molecule has 1 unspecified atom stereocenters. The summed E-state index contributed by atoms with van der Waals surface area (Å²) in [5.41, 5.74) is 0. The summed E-state index contributed by atoms with van der Waals surface area (Å²) < 4.78 is 1.51. The van der Waals surface area contributed by atoms with E-state index in [0.717, 1.165) is 0 Å². The number of nitrogens with zero attached hydrogens (tertiary/aromatic N) is 4. The number of carbonyl (C=O) groups is 3. The molecule has 0 radical (unpaired) electrons. The predicted molar refractivity (Wildman–Crippen MR) is 76.9 cm³/mol. The zero-order chi connectivity index (χ0) is 16.3. The van der Waals surface area contributed by atoms with E-state index < -0.39 is 18.1 Å². The van der Waals surface area contributed by atoms with E-state index in [1.165, 1.54) is 21.5 Å². The minimum atomic E-state index is -0.996. The van der Waals surface area contributed by atoms with Crippen LogP contribution in [-0.4, -0.2) is 68.6 Å². The summed E-state index contributed by atoms with van der Waals surface area (Å²) in [4.78, 5) is 38.3. The molecule has 2 atom stereocenters. The second-order valence-electron chi connectivity index (χ2n) is 5.44. The molecule has 0 aliphatic carbocycles. The fraction of sp³-hybridized carbons (Fsp3) is 0.571. The lowest BCUT2D eigenvalue weighted by atomic mass is 10.2. The normalized spacial score (nSPS) is 19.0. The first kappa shape index (κ1) is 16.0. The minimum Gasteiger partial charge on any atom is -0.480 e. The highest BCUT2D eigenvalue weighted by Crippen LogP contribution is 2.18. The molecule has 0 aromatic carbocycles. The monoisotopic (exact) mass is 308 g/mol. The molecular weight excluding hydrogens is 288 g/mol. The van der Waals surface area contributed by atoms with Crippen molar-refractivity contribution in [1.29, 1.82) is 0 Å². The molecular formula is C14H20N4O4. The largest absolute Gasteiger partial charge is 0.480 e. The van der Waals surface area contributed by atoms with Gasteiger partial charge in [-0.15, -0.1) is 0 Å². The summed E-state index contributed by atoms with van der Waals surface area (Å²) >= 11 is 0. The lowest BCUT2D eigenvalue weighted by Crippen LogP contribution is -2.46. The van der Waals surface area contributed by atoms with Crippen molar-refractivity contribution in [2.45, 2.75) is 31.8 Å². The van der Waals surface area contributed by atoms with Crippen LogP contribution < -0.4 is 0 Å². The number of carbonyl (C=O) groups excluding carboxylic acids is 2. The van der Waals surface area contributed by atoms with Crippen LogP contribution in [0, 0.1) is 0 Å². The fourth-order valence-electron chi connectivity index (χ4n) is 2.64. The van der Waals surface area contributed by atoms with Gasteiger partial charge in [0.05, 0.1) is 6.54 Å². The Labute approximate surface area is 128 Å². The van der Waals surface area contributed by atoms with Crippen LogP contribution in [0.5, 0.6) is 0 Å². The van der Waals surface area contributed by atoms with E-state index in [1.807, 2.05) is 0 Å². The molecule has 1 saturated heterocycles. The van der Waals surface area contributed by atoms with Gasteiger partial charge in [-0.25, -0.2) is 4.79 Å². The first-order chi connectivity index (χ1) is 10.4. The number of rotatable bonds is 5. The van der Waals surface area contributed by atoms with Crippen molar-refractivity contribution in [3.8, 4) is 0 Å². The topological polar surface area (TPSA) is 95.7 Å². The number of hydrogen-bond acceptors (Lipinski definition) is 4. The Bertz CT molecular complexity index is 557. The number of aromatic nitrogens is 2. The molecule has 0 bridgehead atoms. The third-order valence-electron chi connectivity index (χ3n) is 3.89. The Balaban J connectivity index is 1.96. The zero-order valence-corrected chi connectivity index (χ0v) is 12.7. The van der Waals surface area contributed by atoms with E-state index in [-0.39, 0.29) is 18.4 Å². The molecule has 2 heterocycles. The molecule has 1 N–H and O–H groups in total. The number of likely N-dealkylation sites (N-methyl/N-ethyl adjacent to an activating group) is 1. The number of amides is 2. The Kier molecular flexibility index (Phi) is 4.79. The molecule has 1 aromatic rings. The van der Waals surface area contributed by atoms with Crippen LogP contribution in [0.25, 0.3) is 0 Å². The highest BCUT2D eigenvalue weighted by atomic mass is 16.4. The zero-order valence-electron chi connectivity index (χ0n) is 12.7. The molecule has 1 fully saturated rings. The number of hydrogen-bond donors (Lipinski definition) is 1. The van der Waals surface area contributed by atoms with Gasteiger partial charge < -0.3 is 14.9 Å². The van der Waals surface area contributed by atoms with Crippen LogP contribution in [0.1, 0.15) is 25.8 Å². The Morgan fingerprint density at radius 1 is 1.45 bits per heavy atom. The maximum atomic E-state index is 12.3. The maximum Gasteiger partial charge on any atom is 0.326 e. The Morgan fingerprint density at radius 2 is 2.18 bits per heavy atom. The van der Waals surface area contributed by atoms with E-state index in [1.54, 1.807) is 25.4 Å². The van der Waals surface area contributed by atoms with E-state index in [4.69, 9.17) is 5.11 Å². The van der Waals surface area contributed by atoms with Gasteiger partial charge in [-0.1, -0.05) is 0 Å². The number of aliphatic carboxylic acids is 1. The first-order valence-corrected chi connectivity index (χ1v) is 7.18. The molecule has 2 rings (SSSR count). The third-order valence-corrected chi connectivity index (χ3v) is 3.89. The van der Waals surface area contributed by atoms with Crippen molar-refractivity contribution < 1.29 is 19.5 Å². The molecule has 1 aliphatic heterocycles. The van der Waals surface area contributed by atoms with Crippen molar-refractivity contribution in [1.82, 2.24) is 19.6 Å². The van der Waals surface area contributed by atoms with E-state index in [9.17, 15) is 14.4 Å². The van der Waals surface area contributed by atoms with Crippen LogP contribution >= 0.6 is 0 Å². The van der Waals surface area contributed by atoms with Crippen molar-refractivity contribution in [3.63, 3.8) is 0 Å². The summed E-state index contributed by atoms with van der Waals surface area (Å²) in [5.74, 6) is -1.58. The molecule has 120 valence electrons. The number of carboxylic acid groups (broad SMARTS) is 1. The van der Waals surface area contributed by atoms with Gasteiger partial charge in [0, 0.05) is 26.0 Å². The highest BCUT2D eigenvalue weighted by Gasteiger charge is 2.34. The van der Waals surface area contributed by atoms with Crippen LogP contribution in [0.15, 0.2) is 18.5 Å². The third kappa shape index (κ3) is 3.26. The van der Waals surface area contributed by atoms with E-state index in [2.05, 4.69) is 5.10 Å². The first-order valence-electron chi connectivity index (χ1n) is 7.18. The van der Waals surface area contributed by atoms with Crippen molar-refractivity contribution in [3.05, 3.63) is 18.5 Å². The smallest absolute Gasteiger partial charge is 0.326 e. The lowest BCUT2D eigenvalue weighted by Gasteiger charge is -2.26. The van der Waals surface area contributed by atoms with Crippen LogP contribution in [0.2, 0.25) is 0 Å². The van der Waals surface area contributed by atoms with Crippen LogP contribution in [-0.2, 0) is 14.4 Å². The number of likely N-dealkylation sites (tertiary alicyclic amines) is 1. The molecule has 8 nitrogen and oxygen atoms in total. The van der Waals surface area contributed by atoms with Gasteiger partial charge in [0.15, 0.2) is 0 Å². The minimum absolute atomic E-state index is 0.131. The van der Waals surface area contributed by atoms with Gasteiger partial charge >= 0.3 is 5.97 Å². The SMILES string of the molecule is CC(C(=O)N(C)CC(=O)N1CCC[C@H]1C(=O)O)n1cccn1. The van der Waals surface area contributed by atoms with Crippen molar-refractivity contribution >= 4 is 17.8 Å². The fourth-order valence-corrected chi connectivity index (χ4v) is 2.64. The molecule has 8 heteroatoms. The summed E-state index contributed by atoms with van der Waals surface area (Å²) in [6, 6.07) is 0.428. The summed E-state index contributed by atoms with van der Waals surface area (Å²) in [6.45, 7) is 1.99. The molecule has 1 aliphatic rings. The van der Waals surface area contributed by atoms with Gasteiger partial charge in [0.1, 0.15) is 12.1 Å². The molecule has 2 amide bonds. The lowest BCUT2D eigenvalue weighted by molar-refractivity contribution is -0.149. The van der Waals surface area contributed by atoms with Gasteiger partial charge in [-0.05, 0) is 25.8 Å². The van der Waals surface area contributed by atoms with E-state index >= 15 is 0 Å². The summed E-state index contributed by atoms with van der Waals surface area (Å²) in [6.07, 6.45) is 4.39. The average molecular weight is 308 g/mol. The van der Waals surface area contributed by atoms with Crippen molar-refractivity contribution in [2.24, 2.45) is 0 Å². The second kappa shape index (κ2) is 6.59. The predicted octanol–water partition coefficient (Wildman–Crippen LogP) is -0.0219. The molecule has 0 saturated carbocycles. The van der Waals surface area contributed by atoms with Crippen LogP contribution in [0.4, 0.5) is 0 Å².